The van der Waals surface area contributed by atoms with Crippen molar-refractivity contribution in [3.05, 3.63) is 18.0 Å². The van der Waals surface area contributed by atoms with Crippen LogP contribution in [0.1, 0.15) is 57.4 Å². The van der Waals surface area contributed by atoms with E-state index in [2.05, 4.69) is 5.10 Å². The zero-order chi connectivity index (χ0) is 15.1. The van der Waals surface area contributed by atoms with Crippen molar-refractivity contribution in [3.8, 4) is 0 Å². The topological polar surface area (TPSA) is 58.4 Å². The molecule has 0 radical (unpaired) electrons. The van der Waals surface area contributed by atoms with Crippen molar-refractivity contribution < 1.29 is 9.90 Å². The molecule has 20 heavy (non-hydrogen) atoms. The third-order valence-electron chi connectivity index (χ3n) is 4.58. The standard InChI is InChI=1S/C15H25N3O2/c1-11(2)18-9-12(8-16-18)13(19)17-7-6-15(5,20)14(3,4)10-17/h8-9,11,20H,6-7,10H2,1-5H3/t15-/m1/s1. The van der Waals surface area contributed by atoms with Crippen molar-refractivity contribution in [2.45, 2.75) is 52.7 Å². The highest BCUT2D eigenvalue weighted by molar-refractivity contribution is 5.93. The lowest BCUT2D eigenvalue weighted by Crippen LogP contribution is -2.56. The molecule has 2 heterocycles. The molecule has 1 saturated heterocycles. The summed E-state index contributed by atoms with van der Waals surface area (Å²) in [6.45, 7) is 11.1. The molecule has 0 saturated carbocycles. The molecule has 0 bridgehead atoms. The first-order valence-corrected chi connectivity index (χ1v) is 7.20. The third kappa shape index (κ3) is 2.59. The molecule has 1 aromatic heterocycles. The van der Waals surface area contributed by atoms with Gasteiger partial charge in [-0.05, 0) is 27.2 Å². The Morgan fingerprint density at radius 3 is 2.55 bits per heavy atom. The fraction of sp³-hybridized carbons (Fsp3) is 0.733. The monoisotopic (exact) mass is 279 g/mol. The first-order chi connectivity index (χ1) is 9.14. The summed E-state index contributed by atoms with van der Waals surface area (Å²) >= 11 is 0. The zero-order valence-electron chi connectivity index (χ0n) is 13.1. The second-order valence-corrected chi connectivity index (χ2v) is 6.94. The average Bonchev–Trinajstić information content (AvgIpc) is 2.81. The van der Waals surface area contributed by atoms with Crippen molar-refractivity contribution in [3.63, 3.8) is 0 Å². The van der Waals surface area contributed by atoms with E-state index in [1.807, 2.05) is 39.5 Å². The van der Waals surface area contributed by atoms with E-state index < -0.39 is 5.60 Å². The van der Waals surface area contributed by atoms with Gasteiger partial charge in [0.2, 0.25) is 0 Å². The van der Waals surface area contributed by atoms with Gasteiger partial charge >= 0.3 is 0 Å². The van der Waals surface area contributed by atoms with Crippen LogP contribution in [0.3, 0.4) is 0 Å². The molecule has 1 aromatic rings. The molecule has 0 unspecified atom stereocenters. The Morgan fingerprint density at radius 1 is 1.40 bits per heavy atom. The van der Waals surface area contributed by atoms with Crippen molar-refractivity contribution in [2.24, 2.45) is 5.41 Å². The van der Waals surface area contributed by atoms with Crippen molar-refractivity contribution in [1.29, 1.82) is 0 Å². The largest absolute Gasteiger partial charge is 0.389 e. The average molecular weight is 279 g/mol. The van der Waals surface area contributed by atoms with Crippen LogP contribution in [0.5, 0.6) is 0 Å². The molecule has 0 aromatic carbocycles. The van der Waals surface area contributed by atoms with E-state index in [1.165, 1.54) is 0 Å². The summed E-state index contributed by atoms with van der Waals surface area (Å²) < 4.78 is 1.79. The molecule has 5 nitrogen and oxygen atoms in total. The maximum Gasteiger partial charge on any atom is 0.257 e. The maximum atomic E-state index is 12.5. The van der Waals surface area contributed by atoms with Gasteiger partial charge in [0, 0.05) is 30.7 Å². The SMILES string of the molecule is CC(C)n1cc(C(=O)N2CC[C@@](C)(O)C(C)(C)C2)cn1. The Hall–Kier alpha value is -1.36. The number of hydrogen-bond acceptors (Lipinski definition) is 3. The van der Waals surface area contributed by atoms with Crippen LogP contribution in [-0.2, 0) is 0 Å². The fourth-order valence-corrected chi connectivity index (χ4v) is 2.50. The van der Waals surface area contributed by atoms with Crippen LogP contribution in [0, 0.1) is 5.41 Å². The molecule has 1 aliphatic rings. The number of rotatable bonds is 2. The predicted octanol–water partition coefficient (Wildman–Crippen LogP) is 2.09. The smallest absolute Gasteiger partial charge is 0.257 e. The number of piperidine rings is 1. The third-order valence-corrected chi connectivity index (χ3v) is 4.58. The van der Waals surface area contributed by atoms with E-state index in [0.717, 1.165) is 0 Å². The summed E-state index contributed by atoms with van der Waals surface area (Å²) in [4.78, 5) is 14.3. The van der Waals surface area contributed by atoms with Crippen molar-refractivity contribution in [1.82, 2.24) is 14.7 Å². The molecule has 0 aliphatic carbocycles. The number of likely N-dealkylation sites (tertiary alicyclic amines) is 1. The number of hydrogen-bond donors (Lipinski definition) is 1. The molecule has 5 heteroatoms. The van der Waals surface area contributed by atoms with E-state index >= 15 is 0 Å². The molecule has 112 valence electrons. The second kappa shape index (κ2) is 4.88. The quantitative estimate of drug-likeness (QED) is 0.901. The summed E-state index contributed by atoms with van der Waals surface area (Å²) in [7, 11) is 0. The van der Waals surface area contributed by atoms with Crippen molar-refractivity contribution >= 4 is 5.91 Å². The zero-order valence-corrected chi connectivity index (χ0v) is 13.1. The summed E-state index contributed by atoms with van der Waals surface area (Å²) in [5.41, 5.74) is -0.419. The van der Waals surface area contributed by atoms with Gasteiger partial charge in [0.1, 0.15) is 0 Å². The van der Waals surface area contributed by atoms with Gasteiger partial charge in [0.25, 0.3) is 5.91 Å². The minimum absolute atomic E-state index is 0.000440. The molecular weight excluding hydrogens is 254 g/mol. The van der Waals surface area contributed by atoms with E-state index in [4.69, 9.17) is 0 Å². The summed E-state index contributed by atoms with van der Waals surface area (Å²) in [5.74, 6) is 0.000440. The highest BCUT2D eigenvalue weighted by atomic mass is 16.3. The number of amides is 1. The molecule has 1 amide bonds. The lowest BCUT2D eigenvalue weighted by atomic mass is 9.71. The van der Waals surface area contributed by atoms with Gasteiger partial charge in [-0.2, -0.15) is 5.10 Å². The molecule has 0 spiro atoms. The number of carbonyl (C=O) groups excluding carboxylic acids is 1. The number of nitrogens with zero attached hydrogens (tertiary/aromatic N) is 3. The van der Waals surface area contributed by atoms with Crippen LogP contribution in [0.2, 0.25) is 0 Å². The number of aromatic nitrogens is 2. The Kier molecular flexibility index (Phi) is 3.67. The van der Waals surface area contributed by atoms with Gasteiger partial charge in [-0.15, -0.1) is 0 Å². The van der Waals surface area contributed by atoms with E-state index in [0.29, 0.717) is 25.1 Å². The lowest BCUT2D eigenvalue weighted by molar-refractivity contribution is -0.0971. The Morgan fingerprint density at radius 2 is 2.05 bits per heavy atom. The Labute approximate surface area is 120 Å². The normalized spacial score (nSPS) is 26.1. The van der Waals surface area contributed by atoms with Crippen LogP contribution in [0.4, 0.5) is 0 Å². The molecule has 1 aliphatic heterocycles. The van der Waals surface area contributed by atoms with Gasteiger partial charge in [0.05, 0.1) is 17.4 Å². The summed E-state index contributed by atoms with van der Waals surface area (Å²) in [5, 5.41) is 14.6. The fourth-order valence-electron chi connectivity index (χ4n) is 2.50. The van der Waals surface area contributed by atoms with E-state index in [-0.39, 0.29) is 17.4 Å². The molecule has 1 atom stereocenters. The predicted molar refractivity (Wildman–Crippen MR) is 77.5 cm³/mol. The first kappa shape index (κ1) is 15.0. The van der Waals surface area contributed by atoms with Gasteiger partial charge in [-0.1, -0.05) is 13.8 Å². The Bertz CT molecular complexity index is 503. The first-order valence-electron chi connectivity index (χ1n) is 7.20. The molecular formula is C15H25N3O2. The van der Waals surface area contributed by atoms with Gasteiger partial charge in [-0.25, -0.2) is 0 Å². The van der Waals surface area contributed by atoms with Crippen LogP contribution < -0.4 is 0 Å². The molecule has 2 rings (SSSR count). The van der Waals surface area contributed by atoms with Crippen molar-refractivity contribution in [2.75, 3.05) is 13.1 Å². The number of aliphatic hydroxyl groups is 1. The summed E-state index contributed by atoms with van der Waals surface area (Å²) in [6.07, 6.45) is 4.03. The second-order valence-electron chi connectivity index (χ2n) is 6.94. The lowest BCUT2D eigenvalue weighted by Gasteiger charge is -2.48. The van der Waals surface area contributed by atoms with Crippen LogP contribution in [-0.4, -0.2) is 44.4 Å². The minimum Gasteiger partial charge on any atom is -0.389 e. The highest BCUT2D eigenvalue weighted by Crippen LogP contribution is 2.38. The van der Waals surface area contributed by atoms with Gasteiger partial charge in [0.15, 0.2) is 0 Å². The van der Waals surface area contributed by atoms with Crippen LogP contribution in [0.25, 0.3) is 0 Å². The maximum absolute atomic E-state index is 12.5. The van der Waals surface area contributed by atoms with Crippen LogP contribution in [0.15, 0.2) is 12.4 Å². The highest BCUT2D eigenvalue weighted by Gasteiger charge is 2.45. The van der Waals surface area contributed by atoms with Gasteiger partial charge < -0.3 is 10.0 Å². The van der Waals surface area contributed by atoms with Gasteiger partial charge in [-0.3, -0.25) is 9.48 Å². The molecule has 1 fully saturated rings. The molecule has 1 N–H and O–H groups in total. The van der Waals surface area contributed by atoms with E-state index in [9.17, 15) is 9.90 Å². The van der Waals surface area contributed by atoms with Crippen LogP contribution >= 0.6 is 0 Å². The summed E-state index contributed by atoms with van der Waals surface area (Å²) in [6, 6.07) is 0.245. The van der Waals surface area contributed by atoms with E-state index in [1.54, 1.807) is 17.1 Å². The number of carbonyl (C=O) groups is 1. The Balaban J connectivity index is 2.14. The minimum atomic E-state index is -0.730.